The maximum Gasteiger partial charge on any atom is 0.270 e. The van der Waals surface area contributed by atoms with Gasteiger partial charge in [-0.15, -0.1) is 0 Å². The van der Waals surface area contributed by atoms with Crippen LogP contribution in [-0.4, -0.2) is 28.3 Å². The van der Waals surface area contributed by atoms with Crippen molar-refractivity contribution in [3.05, 3.63) is 68.2 Å². The van der Waals surface area contributed by atoms with E-state index >= 15 is 0 Å². The fourth-order valence-corrected chi connectivity index (χ4v) is 3.50. The number of rotatable bonds is 5. The normalized spacial score (nSPS) is 18.7. The number of likely N-dealkylation sites (N-methyl/N-ethyl adjacent to an activating group) is 1. The summed E-state index contributed by atoms with van der Waals surface area (Å²) in [6.07, 6.45) is -0.493. The molecule has 1 heterocycles. The van der Waals surface area contributed by atoms with E-state index in [1.165, 1.54) is 23.1 Å². The number of ketones is 1. The Morgan fingerprint density at radius 3 is 2.69 bits per heavy atom. The molecule has 0 bridgehead atoms. The predicted octanol–water partition coefficient (Wildman–Crippen LogP) is 3.18. The minimum Gasteiger partial charge on any atom is -0.375 e. The van der Waals surface area contributed by atoms with Gasteiger partial charge in [-0.05, 0) is 25.1 Å². The molecule has 26 heavy (non-hydrogen) atoms. The standard InChI is InChI=1S/C18H15BrN2O5/c1-2-20-15-7-6-12(19)9-14(15)18(24,17(20)23)10-16(22)11-4-3-5-13(8-11)21(25)26/h3-9,24H,2,10H2,1H3/t18-/m1/s1. The van der Waals surface area contributed by atoms with Gasteiger partial charge in [0.15, 0.2) is 11.4 Å². The molecule has 8 heteroatoms. The molecule has 1 aliphatic heterocycles. The number of Topliss-reactive ketones (excluding diaryl/α,β-unsaturated/α-hetero) is 1. The lowest BCUT2D eigenvalue weighted by Crippen LogP contribution is -2.41. The first-order valence-corrected chi connectivity index (χ1v) is 8.69. The van der Waals surface area contributed by atoms with E-state index in [1.54, 1.807) is 25.1 Å². The number of nitro groups is 1. The zero-order chi connectivity index (χ0) is 19.1. The molecule has 1 amide bonds. The van der Waals surface area contributed by atoms with Crippen LogP contribution in [-0.2, 0) is 10.4 Å². The van der Waals surface area contributed by atoms with E-state index in [1.807, 2.05) is 0 Å². The van der Waals surface area contributed by atoms with Crippen LogP contribution < -0.4 is 4.90 Å². The topological polar surface area (TPSA) is 101 Å². The number of hydrogen-bond acceptors (Lipinski definition) is 5. The molecule has 0 radical (unpaired) electrons. The highest BCUT2D eigenvalue weighted by molar-refractivity contribution is 9.10. The molecular weight excluding hydrogens is 404 g/mol. The summed E-state index contributed by atoms with van der Waals surface area (Å²) in [4.78, 5) is 37.1. The number of nitrogens with zero attached hydrogens (tertiary/aromatic N) is 2. The average molecular weight is 419 g/mol. The number of carbonyl (C=O) groups excluding carboxylic acids is 2. The highest BCUT2D eigenvalue weighted by Crippen LogP contribution is 2.44. The number of benzene rings is 2. The first-order valence-electron chi connectivity index (χ1n) is 7.90. The molecule has 134 valence electrons. The van der Waals surface area contributed by atoms with Gasteiger partial charge in [0, 0.05) is 34.3 Å². The molecule has 0 saturated heterocycles. The van der Waals surface area contributed by atoms with Crippen molar-refractivity contribution >= 4 is 39.0 Å². The zero-order valence-corrected chi connectivity index (χ0v) is 15.4. The maximum atomic E-state index is 12.8. The van der Waals surface area contributed by atoms with Crippen LogP contribution in [0.25, 0.3) is 0 Å². The molecule has 1 atom stereocenters. The number of aliphatic hydroxyl groups is 1. The third kappa shape index (κ3) is 2.91. The second-order valence-corrected chi connectivity index (χ2v) is 6.89. The van der Waals surface area contributed by atoms with Crippen LogP contribution in [0.3, 0.4) is 0 Å². The largest absolute Gasteiger partial charge is 0.375 e. The van der Waals surface area contributed by atoms with Gasteiger partial charge < -0.3 is 10.0 Å². The molecule has 0 fully saturated rings. The lowest BCUT2D eigenvalue weighted by molar-refractivity contribution is -0.384. The highest BCUT2D eigenvalue weighted by Gasteiger charge is 2.50. The monoisotopic (exact) mass is 418 g/mol. The number of non-ortho nitro benzene ring substituents is 1. The lowest BCUT2D eigenvalue weighted by atomic mass is 9.88. The summed E-state index contributed by atoms with van der Waals surface area (Å²) in [6, 6.07) is 10.3. The van der Waals surface area contributed by atoms with Crippen LogP contribution in [0, 0.1) is 10.1 Å². The van der Waals surface area contributed by atoms with E-state index in [0.717, 1.165) is 6.07 Å². The van der Waals surface area contributed by atoms with E-state index in [4.69, 9.17) is 0 Å². The van der Waals surface area contributed by atoms with Crippen molar-refractivity contribution in [1.82, 2.24) is 0 Å². The van der Waals surface area contributed by atoms with E-state index in [0.29, 0.717) is 22.3 Å². The number of fused-ring (bicyclic) bond motifs is 1. The summed E-state index contributed by atoms with van der Waals surface area (Å²) >= 11 is 3.31. The van der Waals surface area contributed by atoms with Crippen molar-refractivity contribution in [3.8, 4) is 0 Å². The molecule has 2 aromatic carbocycles. The minimum absolute atomic E-state index is 0.0759. The first kappa shape index (κ1) is 18.2. The van der Waals surface area contributed by atoms with E-state index in [-0.39, 0.29) is 11.3 Å². The molecule has 0 unspecified atom stereocenters. The van der Waals surface area contributed by atoms with Gasteiger partial charge in [0.1, 0.15) is 0 Å². The van der Waals surface area contributed by atoms with Gasteiger partial charge in [0.2, 0.25) is 0 Å². The van der Waals surface area contributed by atoms with Gasteiger partial charge in [-0.3, -0.25) is 19.7 Å². The third-order valence-electron chi connectivity index (χ3n) is 4.41. The van der Waals surface area contributed by atoms with E-state index in [2.05, 4.69) is 15.9 Å². The van der Waals surface area contributed by atoms with Gasteiger partial charge in [-0.2, -0.15) is 0 Å². The Balaban J connectivity index is 2.00. The number of halogens is 1. The van der Waals surface area contributed by atoms with E-state index < -0.39 is 28.6 Å². The average Bonchev–Trinajstić information content (AvgIpc) is 2.82. The summed E-state index contributed by atoms with van der Waals surface area (Å²) < 4.78 is 0.670. The van der Waals surface area contributed by atoms with Gasteiger partial charge in [0.25, 0.3) is 11.6 Å². The molecule has 0 spiro atoms. The number of carbonyl (C=O) groups is 2. The van der Waals surface area contributed by atoms with Gasteiger partial charge in [0.05, 0.1) is 17.0 Å². The van der Waals surface area contributed by atoms with Gasteiger partial charge >= 0.3 is 0 Å². The van der Waals surface area contributed by atoms with Crippen molar-refractivity contribution in [2.24, 2.45) is 0 Å². The Bertz CT molecular complexity index is 930. The second kappa shape index (κ2) is 6.62. The van der Waals surface area contributed by atoms with Crippen LogP contribution in [0.5, 0.6) is 0 Å². The zero-order valence-electron chi connectivity index (χ0n) is 13.8. The third-order valence-corrected chi connectivity index (χ3v) is 4.90. The Kier molecular flexibility index (Phi) is 4.64. The molecule has 7 nitrogen and oxygen atoms in total. The number of hydrogen-bond donors (Lipinski definition) is 1. The quantitative estimate of drug-likeness (QED) is 0.456. The molecule has 0 aliphatic carbocycles. The number of anilines is 1. The SMILES string of the molecule is CCN1C(=O)[C@@](O)(CC(=O)c2cccc([N+](=O)[O-])c2)c2cc(Br)ccc21. The highest BCUT2D eigenvalue weighted by atomic mass is 79.9. The molecule has 0 aromatic heterocycles. The van der Waals surface area contributed by atoms with Crippen LogP contribution >= 0.6 is 15.9 Å². The van der Waals surface area contributed by atoms with Gasteiger partial charge in [-0.1, -0.05) is 28.1 Å². The Hall–Kier alpha value is -2.58. The summed E-state index contributed by atoms with van der Waals surface area (Å²) in [5, 5.41) is 22.0. The molecule has 2 aromatic rings. The summed E-state index contributed by atoms with van der Waals surface area (Å²) in [7, 11) is 0. The molecule has 3 rings (SSSR count). The van der Waals surface area contributed by atoms with Crippen molar-refractivity contribution in [2.75, 3.05) is 11.4 Å². The Morgan fingerprint density at radius 1 is 1.31 bits per heavy atom. The van der Waals surface area contributed by atoms with E-state index in [9.17, 15) is 24.8 Å². The fourth-order valence-electron chi connectivity index (χ4n) is 3.13. The first-order chi connectivity index (χ1) is 12.3. The Labute approximate surface area is 157 Å². The van der Waals surface area contributed by atoms with Crippen LogP contribution in [0.1, 0.15) is 29.3 Å². The van der Waals surface area contributed by atoms with Gasteiger partial charge in [-0.25, -0.2) is 0 Å². The van der Waals surface area contributed by atoms with Crippen molar-refractivity contribution in [1.29, 1.82) is 0 Å². The smallest absolute Gasteiger partial charge is 0.270 e. The minimum atomic E-state index is -2.00. The van der Waals surface area contributed by atoms with Crippen molar-refractivity contribution in [2.45, 2.75) is 18.9 Å². The molecule has 1 aliphatic rings. The Morgan fingerprint density at radius 2 is 2.04 bits per heavy atom. The lowest BCUT2D eigenvalue weighted by Gasteiger charge is -2.22. The molecular formula is C18H15BrN2O5. The summed E-state index contributed by atoms with van der Waals surface area (Å²) in [5.41, 5.74) is -1.25. The van der Waals surface area contributed by atoms with Crippen molar-refractivity contribution in [3.63, 3.8) is 0 Å². The summed E-state index contributed by atoms with van der Waals surface area (Å²) in [5.74, 6) is -1.12. The van der Waals surface area contributed by atoms with Crippen LogP contribution in [0.2, 0.25) is 0 Å². The second-order valence-electron chi connectivity index (χ2n) is 5.98. The predicted molar refractivity (Wildman–Crippen MR) is 98.1 cm³/mol. The molecule has 0 saturated carbocycles. The fraction of sp³-hybridized carbons (Fsp3) is 0.222. The van der Waals surface area contributed by atoms with Crippen molar-refractivity contribution < 1.29 is 19.6 Å². The van der Waals surface area contributed by atoms with Crippen LogP contribution in [0.4, 0.5) is 11.4 Å². The molecule has 1 N–H and O–H groups in total. The van der Waals surface area contributed by atoms with Crippen LogP contribution in [0.15, 0.2) is 46.9 Å². The number of amides is 1. The number of nitro benzene ring substituents is 1. The maximum absolute atomic E-state index is 12.8. The summed E-state index contributed by atoms with van der Waals surface area (Å²) in [6.45, 7) is 2.12.